The number of hydrogen-bond donors (Lipinski definition) is 1. The number of nitrogens with one attached hydrogen (secondary N) is 1. The highest BCUT2D eigenvalue weighted by atomic mass is 19.1. The van der Waals surface area contributed by atoms with E-state index in [1.54, 1.807) is 30.3 Å². The summed E-state index contributed by atoms with van der Waals surface area (Å²) in [6.45, 7) is 0.140. The zero-order valence-electron chi connectivity index (χ0n) is 18.7. The molecule has 4 rings (SSSR count). The van der Waals surface area contributed by atoms with Crippen molar-refractivity contribution in [1.82, 2.24) is 0 Å². The van der Waals surface area contributed by atoms with Crippen LogP contribution in [0.3, 0.4) is 0 Å². The SMILES string of the molecule is COc1cc([C@H]2[C@H]3CCCC=C3[C@H](C#N)C(=N)C2(C#N)C#N)ccc1OCc1cccc(F)c1. The van der Waals surface area contributed by atoms with Crippen molar-refractivity contribution in [2.24, 2.45) is 17.3 Å². The smallest absolute Gasteiger partial charge is 0.189 e. The van der Waals surface area contributed by atoms with Gasteiger partial charge in [0.1, 0.15) is 18.3 Å². The first-order valence-electron chi connectivity index (χ1n) is 11.0. The van der Waals surface area contributed by atoms with E-state index >= 15 is 0 Å². The summed E-state index contributed by atoms with van der Waals surface area (Å²) in [6.07, 6.45) is 4.42. The summed E-state index contributed by atoms with van der Waals surface area (Å²) in [6, 6.07) is 17.7. The fraction of sp³-hybridized carbons (Fsp3) is 0.333. The highest BCUT2D eigenvalue weighted by Crippen LogP contribution is 2.55. The number of fused-ring (bicyclic) bond motifs is 1. The van der Waals surface area contributed by atoms with Crippen LogP contribution >= 0.6 is 0 Å². The van der Waals surface area contributed by atoms with Crippen LogP contribution in [-0.2, 0) is 6.61 Å². The molecule has 0 aliphatic heterocycles. The van der Waals surface area contributed by atoms with E-state index in [4.69, 9.17) is 14.9 Å². The number of benzene rings is 2. The van der Waals surface area contributed by atoms with Crippen molar-refractivity contribution in [3.05, 3.63) is 71.1 Å². The molecule has 2 aromatic carbocycles. The lowest BCUT2D eigenvalue weighted by Crippen LogP contribution is -2.48. The summed E-state index contributed by atoms with van der Waals surface area (Å²) in [5.74, 6) is -1.17. The van der Waals surface area contributed by atoms with Gasteiger partial charge in [0.05, 0.1) is 31.0 Å². The first kappa shape index (κ1) is 23.0. The molecule has 2 aliphatic rings. The van der Waals surface area contributed by atoms with Gasteiger partial charge in [-0.1, -0.05) is 24.3 Å². The van der Waals surface area contributed by atoms with Crippen molar-refractivity contribution >= 4 is 5.71 Å². The molecule has 1 saturated carbocycles. The lowest BCUT2D eigenvalue weighted by atomic mass is 9.53. The molecular formula is C27H23FN4O2. The summed E-state index contributed by atoms with van der Waals surface area (Å²) in [5, 5.41) is 38.7. The van der Waals surface area contributed by atoms with Crippen LogP contribution in [0.25, 0.3) is 0 Å². The van der Waals surface area contributed by atoms with Crippen molar-refractivity contribution in [1.29, 1.82) is 21.2 Å². The Labute approximate surface area is 198 Å². The molecule has 0 heterocycles. The lowest BCUT2D eigenvalue weighted by Gasteiger charge is -2.45. The highest BCUT2D eigenvalue weighted by molar-refractivity contribution is 6.00. The van der Waals surface area contributed by atoms with Crippen molar-refractivity contribution in [3.8, 4) is 29.7 Å². The van der Waals surface area contributed by atoms with E-state index in [0.717, 1.165) is 24.8 Å². The lowest BCUT2D eigenvalue weighted by molar-refractivity contribution is 0.282. The molecule has 0 aromatic heterocycles. The van der Waals surface area contributed by atoms with Crippen LogP contribution in [0.4, 0.5) is 4.39 Å². The van der Waals surface area contributed by atoms with Gasteiger partial charge in [0.2, 0.25) is 0 Å². The monoisotopic (exact) mass is 454 g/mol. The first-order chi connectivity index (χ1) is 16.5. The number of nitrogens with zero attached hydrogens (tertiary/aromatic N) is 3. The molecule has 7 heteroatoms. The Bertz CT molecular complexity index is 1270. The van der Waals surface area contributed by atoms with Gasteiger partial charge in [0, 0.05) is 5.92 Å². The van der Waals surface area contributed by atoms with E-state index in [9.17, 15) is 20.2 Å². The normalized spacial score (nSPS) is 22.9. The molecule has 170 valence electrons. The maximum Gasteiger partial charge on any atom is 0.189 e. The molecule has 1 fully saturated rings. The molecule has 34 heavy (non-hydrogen) atoms. The Morgan fingerprint density at radius 1 is 1.12 bits per heavy atom. The van der Waals surface area contributed by atoms with Gasteiger partial charge in [-0.2, -0.15) is 15.8 Å². The van der Waals surface area contributed by atoms with Crippen LogP contribution in [0.15, 0.2) is 54.1 Å². The molecule has 2 aromatic rings. The van der Waals surface area contributed by atoms with Gasteiger partial charge in [0.25, 0.3) is 0 Å². The third kappa shape index (κ3) is 3.78. The summed E-state index contributed by atoms with van der Waals surface area (Å²) in [4.78, 5) is 0. The standard InChI is InChI=1S/C27H23FN4O2/c1-33-24-12-18(9-10-23(24)34-14-17-5-4-6-19(28)11-17)25-21-8-3-2-7-20(21)22(13-29)26(32)27(25,15-30)16-31/h4-7,9-12,21-22,25,32H,2-3,8,14H2,1H3/t21-,22-,25-/m0/s1. The largest absolute Gasteiger partial charge is 0.493 e. The van der Waals surface area contributed by atoms with Gasteiger partial charge in [-0.15, -0.1) is 0 Å². The number of hydrogen-bond acceptors (Lipinski definition) is 6. The number of ether oxygens (including phenoxy) is 2. The average molecular weight is 455 g/mol. The topological polar surface area (TPSA) is 114 Å². The fourth-order valence-corrected chi connectivity index (χ4v) is 5.17. The third-order valence-corrected chi connectivity index (χ3v) is 6.76. The zero-order chi connectivity index (χ0) is 24.3. The molecule has 3 atom stereocenters. The van der Waals surface area contributed by atoms with Crippen molar-refractivity contribution < 1.29 is 13.9 Å². The Morgan fingerprint density at radius 2 is 1.91 bits per heavy atom. The van der Waals surface area contributed by atoms with E-state index in [1.165, 1.54) is 19.2 Å². The van der Waals surface area contributed by atoms with Crippen LogP contribution < -0.4 is 9.47 Å². The van der Waals surface area contributed by atoms with Crippen LogP contribution in [0.2, 0.25) is 0 Å². The van der Waals surface area contributed by atoms with Gasteiger partial charge in [-0.3, -0.25) is 0 Å². The minimum atomic E-state index is -1.76. The van der Waals surface area contributed by atoms with E-state index in [0.29, 0.717) is 22.6 Å². The number of nitriles is 3. The second-order valence-corrected chi connectivity index (χ2v) is 8.56. The summed E-state index contributed by atoms with van der Waals surface area (Å²) in [7, 11) is 1.50. The second kappa shape index (κ2) is 9.38. The third-order valence-electron chi connectivity index (χ3n) is 6.76. The summed E-state index contributed by atoms with van der Waals surface area (Å²) >= 11 is 0. The van der Waals surface area contributed by atoms with Gasteiger partial charge in [-0.25, -0.2) is 4.39 Å². The van der Waals surface area contributed by atoms with Crippen molar-refractivity contribution in [2.75, 3.05) is 7.11 Å². The van der Waals surface area contributed by atoms with Crippen LogP contribution in [-0.4, -0.2) is 12.8 Å². The molecule has 0 amide bonds. The number of halogens is 1. The van der Waals surface area contributed by atoms with Crippen LogP contribution in [0.5, 0.6) is 11.5 Å². The predicted octanol–water partition coefficient (Wildman–Crippen LogP) is 5.43. The maximum atomic E-state index is 13.5. The molecule has 0 spiro atoms. The van der Waals surface area contributed by atoms with E-state index in [-0.39, 0.29) is 24.1 Å². The molecule has 2 aliphatic carbocycles. The molecule has 0 bridgehead atoms. The van der Waals surface area contributed by atoms with E-state index in [1.807, 2.05) is 6.08 Å². The van der Waals surface area contributed by atoms with Gasteiger partial charge in [-0.05, 0) is 66.1 Å². The number of allylic oxidation sites excluding steroid dienone is 2. The Hall–Kier alpha value is -4.15. The van der Waals surface area contributed by atoms with Gasteiger partial charge >= 0.3 is 0 Å². The van der Waals surface area contributed by atoms with Crippen molar-refractivity contribution in [3.63, 3.8) is 0 Å². The highest BCUT2D eigenvalue weighted by Gasteiger charge is 2.57. The Kier molecular flexibility index (Phi) is 6.35. The molecule has 6 nitrogen and oxygen atoms in total. The second-order valence-electron chi connectivity index (χ2n) is 8.56. The molecular weight excluding hydrogens is 431 g/mol. The van der Waals surface area contributed by atoms with Crippen LogP contribution in [0, 0.1) is 62.5 Å². The minimum absolute atomic E-state index is 0.140. The average Bonchev–Trinajstić information content (AvgIpc) is 2.87. The van der Waals surface area contributed by atoms with Gasteiger partial charge < -0.3 is 14.9 Å². The number of rotatable bonds is 5. The summed E-state index contributed by atoms with van der Waals surface area (Å²) < 4.78 is 24.9. The maximum absolute atomic E-state index is 13.5. The minimum Gasteiger partial charge on any atom is -0.493 e. The predicted molar refractivity (Wildman–Crippen MR) is 122 cm³/mol. The number of methoxy groups -OCH3 is 1. The van der Waals surface area contributed by atoms with E-state index < -0.39 is 17.3 Å². The summed E-state index contributed by atoms with van der Waals surface area (Å²) in [5.41, 5.74) is 0.251. The van der Waals surface area contributed by atoms with Crippen molar-refractivity contribution in [2.45, 2.75) is 31.8 Å². The van der Waals surface area contributed by atoms with Gasteiger partial charge in [0.15, 0.2) is 16.9 Å². The molecule has 1 N–H and O–H groups in total. The Morgan fingerprint density at radius 3 is 2.59 bits per heavy atom. The molecule has 0 unspecified atom stereocenters. The van der Waals surface area contributed by atoms with Crippen LogP contribution in [0.1, 0.15) is 36.3 Å². The quantitative estimate of drug-likeness (QED) is 0.605. The molecule has 0 saturated heterocycles. The zero-order valence-corrected chi connectivity index (χ0v) is 18.7. The first-order valence-corrected chi connectivity index (χ1v) is 11.0. The fourth-order valence-electron chi connectivity index (χ4n) is 5.17. The van der Waals surface area contributed by atoms with E-state index in [2.05, 4.69) is 18.2 Å². The molecule has 0 radical (unpaired) electrons. The Balaban J connectivity index is 1.74.